The highest BCUT2D eigenvalue weighted by atomic mass is 16.5. The molecule has 1 aromatic rings. The van der Waals surface area contributed by atoms with Gasteiger partial charge in [0.25, 0.3) is 5.91 Å². The molecule has 23 heavy (non-hydrogen) atoms. The molecule has 1 aromatic carbocycles. The lowest BCUT2D eigenvalue weighted by Crippen LogP contribution is -2.46. The molecule has 0 aromatic heterocycles. The molecule has 1 aliphatic heterocycles. The van der Waals surface area contributed by atoms with Gasteiger partial charge < -0.3 is 10.1 Å². The van der Waals surface area contributed by atoms with Crippen molar-refractivity contribution in [2.45, 2.75) is 45.8 Å². The number of imide groups is 1. The summed E-state index contributed by atoms with van der Waals surface area (Å²) >= 11 is 0. The zero-order valence-corrected chi connectivity index (χ0v) is 13.7. The molecule has 1 fully saturated rings. The lowest BCUT2D eigenvalue weighted by molar-refractivity contribution is -0.148. The summed E-state index contributed by atoms with van der Waals surface area (Å²) in [7, 11) is 0. The zero-order chi connectivity index (χ0) is 17.0. The first-order valence-corrected chi connectivity index (χ1v) is 7.77. The van der Waals surface area contributed by atoms with Crippen molar-refractivity contribution in [1.29, 1.82) is 0 Å². The van der Waals surface area contributed by atoms with Crippen LogP contribution in [0.25, 0.3) is 0 Å². The Balaban J connectivity index is 1.95. The minimum Gasteiger partial charge on any atom is -0.459 e. The summed E-state index contributed by atoms with van der Waals surface area (Å²) in [6.07, 6.45) is 0.978. The van der Waals surface area contributed by atoms with Crippen molar-refractivity contribution in [1.82, 2.24) is 10.2 Å². The van der Waals surface area contributed by atoms with Gasteiger partial charge in [0.15, 0.2) is 0 Å². The fourth-order valence-corrected chi connectivity index (χ4v) is 2.69. The molecule has 2 rings (SSSR count). The summed E-state index contributed by atoms with van der Waals surface area (Å²) in [6.45, 7) is 5.38. The molecule has 1 heterocycles. The molecular formula is C17H22N2O4. The van der Waals surface area contributed by atoms with Crippen LogP contribution in [-0.4, -0.2) is 34.9 Å². The Morgan fingerprint density at radius 2 is 1.96 bits per heavy atom. The number of esters is 1. The Kier molecular flexibility index (Phi) is 5.03. The van der Waals surface area contributed by atoms with Gasteiger partial charge >= 0.3 is 12.0 Å². The van der Waals surface area contributed by atoms with Gasteiger partial charge in [-0.2, -0.15) is 0 Å². The molecule has 0 saturated carbocycles. The van der Waals surface area contributed by atoms with Crippen LogP contribution in [0.2, 0.25) is 0 Å². The molecule has 0 radical (unpaired) electrons. The van der Waals surface area contributed by atoms with E-state index in [2.05, 4.69) is 5.32 Å². The first-order valence-electron chi connectivity index (χ1n) is 7.77. The molecule has 0 bridgehead atoms. The normalized spacial score (nSPS) is 16.4. The maximum atomic E-state index is 12.4. The van der Waals surface area contributed by atoms with Crippen molar-refractivity contribution >= 4 is 17.9 Å². The number of urea groups is 1. The van der Waals surface area contributed by atoms with E-state index >= 15 is 0 Å². The highest BCUT2D eigenvalue weighted by Crippen LogP contribution is 2.24. The second kappa shape index (κ2) is 6.81. The van der Waals surface area contributed by atoms with E-state index in [9.17, 15) is 14.4 Å². The van der Waals surface area contributed by atoms with Crippen molar-refractivity contribution in [2.24, 2.45) is 0 Å². The Bertz CT molecular complexity index is 623. The predicted molar refractivity (Wildman–Crippen MR) is 84.5 cm³/mol. The summed E-state index contributed by atoms with van der Waals surface area (Å²) < 4.78 is 5.16. The largest absolute Gasteiger partial charge is 0.459 e. The Morgan fingerprint density at radius 3 is 2.52 bits per heavy atom. The molecule has 0 atom stereocenters. The monoisotopic (exact) mass is 318 g/mol. The molecule has 1 N–H and O–H groups in total. The Labute approximate surface area is 135 Å². The van der Waals surface area contributed by atoms with E-state index in [1.807, 2.05) is 45.0 Å². The molecule has 3 amide bonds. The number of rotatable bonds is 6. The maximum Gasteiger partial charge on any atom is 0.326 e. The lowest BCUT2D eigenvalue weighted by Gasteiger charge is -2.22. The predicted octanol–water partition coefficient (Wildman–Crippen LogP) is 2.15. The van der Waals surface area contributed by atoms with Gasteiger partial charge in [0.2, 0.25) is 0 Å². The van der Waals surface area contributed by atoms with E-state index in [1.165, 1.54) is 0 Å². The van der Waals surface area contributed by atoms with E-state index < -0.39 is 17.5 Å². The third kappa shape index (κ3) is 3.52. The van der Waals surface area contributed by atoms with E-state index in [4.69, 9.17) is 4.74 Å². The van der Waals surface area contributed by atoms with E-state index in [0.29, 0.717) is 12.8 Å². The minimum absolute atomic E-state index is 0.122. The number of carbonyl (C=O) groups excluding carboxylic acids is 3. The number of benzene rings is 1. The number of ether oxygens (including phenoxy) is 1. The molecule has 1 aliphatic rings. The van der Waals surface area contributed by atoms with Gasteiger partial charge in [-0.25, -0.2) is 4.79 Å². The summed E-state index contributed by atoms with van der Waals surface area (Å²) in [4.78, 5) is 37.2. The second-order valence-corrected chi connectivity index (χ2v) is 5.76. The number of amides is 3. The summed E-state index contributed by atoms with van der Waals surface area (Å²) in [5, 5.41) is 2.68. The Hall–Kier alpha value is -2.37. The number of carbonyl (C=O) groups is 3. The SMILES string of the molecule is CCC1(CC)NC(=O)N(CC(=O)OCc2cccc(C)c2)C1=O. The molecule has 6 heteroatoms. The van der Waals surface area contributed by atoms with Crippen LogP contribution >= 0.6 is 0 Å². The topological polar surface area (TPSA) is 75.7 Å². The van der Waals surface area contributed by atoms with E-state index in [-0.39, 0.29) is 19.1 Å². The molecule has 124 valence electrons. The van der Waals surface area contributed by atoms with Crippen molar-refractivity contribution < 1.29 is 19.1 Å². The van der Waals surface area contributed by atoms with Gasteiger partial charge in [0, 0.05) is 0 Å². The van der Waals surface area contributed by atoms with Crippen LogP contribution in [0.4, 0.5) is 4.79 Å². The summed E-state index contributed by atoms with van der Waals surface area (Å²) in [5.74, 6) is -0.960. The number of nitrogens with zero attached hydrogens (tertiary/aromatic N) is 1. The quantitative estimate of drug-likeness (QED) is 0.644. The highest BCUT2D eigenvalue weighted by molar-refractivity contribution is 6.08. The van der Waals surface area contributed by atoms with E-state index in [0.717, 1.165) is 16.0 Å². The molecule has 6 nitrogen and oxygen atoms in total. The van der Waals surface area contributed by atoms with Gasteiger partial charge in [0.05, 0.1) is 0 Å². The van der Waals surface area contributed by atoms with Gasteiger partial charge in [-0.1, -0.05) is 43.7 Å². The van der Waals surface area contributed by atoms with Crippen molar-refractivity contribution in [3.05, 3.63) is 35.4 Å². The van der Waals surface area contributed by atoms with Gasteiger partial charge in [-0.3, -0.25) is 14.5 Å². The van der Waals surface area contributed by atoms with Crippen LogP contribution < -0.4 is 5.32 Å². The first kappa shape index (κ1) is 17.0. The van der Waals surface area contributed by atoms with E-state index in [1.54, 1.807) is 0 Å². The molecule has 0 aliphatic carbocycles. The standard InChI is InChI=1S/C17H22N2O4/c1-4-17(5-2)15(21)19(16(22)18-17)10-14(20)23-11-13-8-6-7-12(3)9-13/h6-9H,4-5,10-11H2,1-3H3,(H,18,22). The molecule has 0 unspecified atom stereocenters. The third-order valence-corrected chi connectivity index (χ3v) is 4.22. The summed E-state index contributed by atoms with van der Waals surface area (Å²) in [6, 6.07) is 7.07. The van der Waals surface area contributed by atoms with Crippen molar-refractivity contribution in [3.63, 3.8) is 0 Å². The third-order valence-electron chi connectivity index (χ3n) is 4.22. The Morgan fingerprint density at radius 1 is 1.26 bits per heavy atom. The van der Waals surface area contributed by atoms with Crippen molar-refractivity contribution in [2.75, 3.05) is 6.54 Å². The van der Waals surface area contributed by atoms with Crippen LogP contribution in [0, 0.1) is 6.92 Å². The van der Waals surface area contributed by atoms with Crippen LogP contribution in [0.15, 0.2) is 24.3 Å². The van der Waals surface area contributed by atoms with Crippen LogP contribution in [0.3, 0.4) is 0 Å². The zero-order valence-electron chi connectivity index (χ0n) is 13.7. The number of hydrogen-bond donors (Lipinski definition) is 1. The van der Waals surface area contributed by atoms with Gasteiger partial charge in [0.1, 0.15) is 18.7 Å². The molecule has 1 saturated heterocycles. The highest BCUT2D eigenvalue weighted by Gasteiger charge is 2.49. The molecular weight excluding hydrogens is 296 g/mol. The fourth-order valence-electron chi connectivity index (χ4n) is 2.69. The lowest BCUT2D eigenvalue weighted by atomic mass is 9.93. The van der Waals surface area contributed by atoms with Crippen LogP contribution in [-0.2, 0) is 20.9 Å². The second-order valence-electron chi connectivity index (χ2n) is 5.76. The fraction of sp³-hybridized carbons (Fsp3) is 0.471. The number of nitrogens with one attached hydrogen (secondary N) is 1. The van der Waals surface area contributed by atoms with Gasteiger partial charge in [-0.05, 0) is 25.3 Å². The summed E-state index contributed by atoms with van der Waals surface area (Å²) in [5.41, 5.74) is 1.05. The van der Waals surface area contributed by atoms with Gasteiger partial charge in [-0.15, -0.1) is 0 Å². The van der Waals surface area contributed by atoms with Crippen molar-refractivity contribution in [3.8, 4) is 0 Å². The van der Waals surface area contributed by atoms with Crippen LogP contribution in [0.1, 0.15) is 37.8 Å². The number of aryl methyl sites for hydroxylation is 1. The number of hydrogen-bond acceptors (Lipinski definition) is 4. The minimum atomic E-state index is -0.895. The average Bonchev–Trinajstić information content (AvgIpc) is 2.78. The maximum absolute atomic E-state index is 12.4. The smallest absolute Gasteiger partial charge is 0.326 e. The van der Waals surface area contributed by atoms with Crippen LogP contribution in [0.5, 0.6) is 0 Å². The molecule has 0 spiro atoms. The first-order chi connectivity index (χ1) is 10.9. The average molecular weight is 318 g/mol.